The second-order valence-electron chi connectivity index (χ2n) is 7.65. The Morgan fingerprint density at radius 1 is 1.08 bits per heavy atom. The number of alkyl halides is 3. The van der Waals surface area contributed by atoms with Gasteiger partial charge in [-0.2, -0.15) is 13.2 Å². The van der Waals surface area contributed by atoms with Gasteiger partial charge in [0.15, 0.2) is 0 Å². The van der Waals surface area contributed by atoms with Crippen LogP contribution in [0.15, 0.2) is 54.1 Å². The summed E-state index contributed by atoms with van der Waals surface area (Å²) in [6.07, 6.45) is 5.75. The fraction of sp³-hybridized carbons (Fsp3) is 0.190. The average Bonchev–Trinajstić information content (AvgIpc) is 3.20. The molecule has 10 nitrogen and oxygen atoms in total. The highest BCUT2D eigenvalue weighted by Crippen LogP contribution is 2.36. The molecule has 0 aliphatic rings. The lowest BCUT2D eigenvalue weighted by Gasteiger charge is -2.14. The number of fused-ring (bicyclic) bond motifs is 1. The first-order chi connectivity index (χ1) is 16.9. The molecule has 188 valence electrons. The van der Waals surface area contributed by atoms with Crippen molar-refractivity contribution in [3.63, 3.8) is 0 Å². The molecule has 0 radical (unpaired) electrons. The summed E-state index contributed by atoms with van der Waals surface area (Å²) in [6.45, 7) is 1.69. The number of aromatic nitrogens is 5. The molecule has 1 unspecified atom stereocenters. The number of imidazole rings is 1. The zero-order valence-corrected chi connectivity index (χ0v) is 20.1. The summed E-state index contributed by atoms with van der Waals surface area (Å²) >= 11 is 5.68. The van der Waals surface area contributed by atoms with Crippen LogP contribution < -0.4 is 10.6 Å². The van der Waals surface area contributed by atoms with E-state index in [1.54, 1.807) is 30.9 Å². The molecule has 0 saturated heterocycles. The van der Waals surface area contributed by atoms with Crippen LogP contribution in [-0.2, 0) is 16.9 Å². The van der Waals surface area contributed by atoms with E-state index >= 15 is 0 Å². The van der Waals surface area contributed by atoms with Crippen molar-refractivity contribution in [2.75, 3.05) is 5.32 Å². The van der Waals surface area contributed by atoms with E-state index in [1.807, 2.05) is 0 Å². The first-order valence-corrected chi connectivity index (χ1v) is 12.0. The van der Waals surface area contributed by atoms with Crippen molar-refractivity contribution in [2.45, 2.75) is 23.4 Å². The van der Waals surface area contributed by atoms with Gasteiger partial charge in [0.25, 0.3) is 15.7 Å². The number of hydrogen-bond acceptors (Lipinski definition) is 8. The van der Waals surface area contributed by atoms with Gasteiger partial charge in [-0.3, -0.25) is 9.78 Å². The molecule has 4 rings (SSSR count). The van der Waals surface area contributed by atoms with Gasteiger partial charge in [-0.15, -0.1) is 0 Å². The Labute approximate surface area is 207 Å². The molecule has 4 aromatic rings. The molecule has 1 amide bonds. The smallest absolute Gasteiger partial charge is 0.343 e. The van der Waals surface area contributed by atoms with Crippen LogP contribution in [-0.4, -0.2) is 44.3 Å². The first-order valence-electron chi connectivity index (χ1n) is 10.1. The Morgan fingerprint density at radius 3 is 2.50 bits per heavy atom. The van der Waals surface area contributed by atoms with E-state index in [0.717, 1.165) is 17.6 Å². The number of anilines is 2. The van der Waals surface area contributed by atoms with E-state index in [1.165, 1.54) is 24.7 Å². The van der Waals surface area contributed by atoms with Crippen LogP contribution in [0.3, 0.4) is 0 Å². The molecule has 1 aromatic carbocycles. The molecule has 0 fully saturated rings. The number of pyridine rings is 1. The van der Waals surface area contributed by atoms with Crippen LogP contribution >= 0.6 is 11.6 Å². The second-order valence-corrected chi connectivity index (χ2v) is 9.97. The third-order valence-corrected chi connectivity index (χ3v) is 7.07. The summed E-state index contributed by atoms with van der Waals surface area (Å²) in [4.78, 5) is 28.1. The number of rotatable bonds is 6. The van der Waals surface area contributed by atoms with Crippen LogP contribution in [0.25, 0.3) is 11.0 Å². The second kappa shape index (κ2) is 9.35. The monoisotopic (exact) mass is 539 g/mol. The summed E-state index contributed by atoms with van der Waals surface area (Å²) in [7, 11) is -3.85. The number of nitrogens with zero attached hydrogens (tertiary/aromatic N) is 5. The molecule has 0 spiro atoms. The molecule has 3 heterocycles. The first kappa shape index (κ1) is 25.3. The molecule has 0 saturated carbocycles. The Bertz CT molecular complexity index is 1560. The Morgan fingerprint density at radius 2 is 1.83 bits per heavy atom. The van der Waals surface area contributed by atoms with Crippen molar-refractivity contribution >= 4 is 49.9 Å². The summed E-state index contributed by atoms with van der Waals surface area (Å²) in [5, 5.41) is 4.87. The lowest BCUT2D eigenvalue weighted by atomic mass is 10.2. The van der Waals surface area contributed by atoms with Crippen molar-refractivity contribution in [1.29, 1.82) is 0 Å². The lowest BCUT2D eigenvalue weighted by molar-refractivity contribution is -0.0436. The molecule has 2 N–H and O–H groups in total. The number of halogens is 4. The van der Waals surface area contributed by atoms with Crippen molar-refractivity contribution in [2.24, 2.45) is 7.05 Å². The normalized spacial score (nSPS) is 12.9. The summed E-state index contributed by atoms with van der Waals surface area (Å²) in [5.41, 5.74) is -3.52. The molecular weight excluding hydrogens is 523 g/mol. The third-order valence-electron chi connectivity index (χ3n) is 5.11. The predicted octanol–water partition coefficient (Wildman–Crippen LogP) is 3.94. The predicted molar refractivity (Wildman–Crippen MR) is 124 cm³/mol. The maximum atomic E-state index is 12.9. The highest BCUT2D eigenvalue weighted by atomic mass is 35.5. The van der Waals surface area contributed by atoms with Gasteiger partial charge in [0.1, 0.15) is 17.0 Å². The van der Waals surface area contributed by atoms with Gasteiger partial charge in [0.2, 0.25) is 0 Å². The van der Waals surface area contributed by atoms with Crippen LogP contribution in [0.1, 0.15) is 29.1 Å². The Kier molecular flexibility index (Phi) is 6.58. The van der Waals surface area contributed by atoms with E-state index in [-0.39, 0.29) is 17.2 Å². The van der Waals surface area contributed by atoms with Crippen LogP contribution in [0.2, 0.25) is 5.02 Å². The zero-order valence-electron chi connectivity index (χ0n) is 18.6. The average molecular weight is 540 g/mol. The topological polar surface area (TPSA) is 132 Å². The van der Waals surface area contributed by atoms with E-state index in [0.29, 0.717) is 11.2 Å². The Hall–Kier alpha value is -3.78. The van der Waals surface area contributed by atoms with Gasteiger partial charge >= 0.3 is 5.51 Å². The quantitative estimate of drug-likeness (QED) is 0.376. The molecule has 1 atom stereocenters. The number of carbonyl (C=O) groups excluding carboxylic acids is 1. The number of benzene rings is 1. The number of nitrogens with one attached hydrogen (secondary N) is 2. The minimum Gasteiger partial charge on any atom is -0.343 e. The standard InChI is InChI=1S/C21H17ClF3N7O3S/c1-11(30-20(33)14-6-17-16(8-26-14)29-10-32(17)2)15-7-28-19(9-27-15)31-12-3-4-13(22)18(5-12)36(34,35)21(23,24)25/h3-11H,1-2H3,(H,28,31)(H,30,33). The number of aryl methyl sites for hydroxylation is 1. The SMILES string of the molecule is CC(NC(=O)c1cc2c(cn1)ncn2C)c1cnc(Nc2ccc(Cl)c(S(=O)(=O)C(F)(F)F)c2)cn1. The summed E-state index contributed by atoms with van der Waals surface area (Å²) in [5.74, 6) is -0.313. The van der Waals surface area contributed by atoms with Crippen LogP contribution in [0.5, 0.6) is 0 Å². The van der Waals surface area contributed by atoms with E-state index < -0.39 is 37.2 Å². The van der Waals surface area contributed by atoms with Gasteiger partial charge in [0, 0.05) is 12.7 Å². The molecule has 0 aliphatic carbocycles. The molecule has 3 aromatic heterocycles. The number of hydrogen-bond donors (Lipinski definition) is 2. The number of carbonyl (C=O) groups is 1. The minimum atomic E-state index is -5.64. The third kappa shape index (κ3) is 4.95. The maximum absolute atomic E-state index is 12.9. The Balaban J connectivity index is 1.47. The van der Waals surface area contributed by atoms with Crippen molar-refractivity contribution in [3.8, 4) is 0 Å². The molecule has 0 bridgehead atoms. The van der Waals surface area contributed by atoms with Gasteiger partial charge < -0.3 is 15.2 Å². The van der Waals surface area contributed by atoms with Gasteiger partial charge in [-0.25, -0.2) is 23.4 Å². The summed E-state index contributed by atoms with van der Waals surface area (Å²) in [6, 6.07) is 4.14. The van der Waals surface area contributed by atoms with Gasteiger partial charge in [-0.1, -0.05) is 11.6 Å². The zero-order chi connectivity index (χ0) is 26.3. The molecular formula is C21H17ClF3N7O3S. The molecule has 0 aliphatic heterocycles. The minimum absolute atomic E-state index is 0.00209. The largest absolute Gasteiger partial charge is 0.501 e. The molecule has 15 heteroatoms. The van der Waals surface area contributed by atoms with Crippen molar-refractivity contribution < 1.29 is 26.4 Å². The van der Waals surface area contributed by atoms with Crippen molar-refractivity contribution in [3.05, 3.63) is 65.6 Å². The van der Waals surface area contributed by atoms with Crippen LogP contribution in [0, 0.1) is 0 Å². The van der Waals surface area contributed by atoms with Gasteiger partial charge in [-0.05, 0) is 31.2 Å². The highest BCUT2D eigenvalue weighted by Gasteiger charge is 2.48. The van der Waals surface area contributed by atoms with Gasteiger partial charge in [0.05, 0.1) is 52.1 Å². The van der Waals surface area contributed by atoms with Crippen molar-refractivity contribution in [1.82, 2.24) is 29.8 Å². The maximum Gasteiger partial charge on any atom is 0.501 e. The fourth-order valence-electron chi connectivity index (χ4n) is 3.19. The molecule has 36 heavy (non-hydrogen) atoms. The number of sulfone groups is 1. The summed E-state index contributed by atoms with van der Waals surface area (Å²) < 4.78 is 64.0. The van der Waals surface area contributed by atoms with E-state index in [9.17, 15) is 26.4 Å². The van der Waals surface area contributed by atoms with E-state index in [2.05, 4.69) is 30.6 Å². The van der Waals surface area contributed by atoms with E-state index in [4.69, 9.17) is 11.6 Å². The number of amides is 1. The fourth-order valence-corrected chi connectivity index (χ4v) is 4.46. The van der Waals surface area contributed by atoms with Crippen LogP contribution in [0.4, 0.5) is 24.7 Å². The highest BCUT2D eigenvalue weighted by molar-refractivity contribution is 7.92. The lowest BCUT2D eigenvalue weighted by Crippen LogP contribution is -2.28.